The van der Waals surface area contributed by atoms with Crippen LogP contribution < -0.4 is 5.32 Å². The van der Waals surface area contributed by atoms with E-state index in [1.54, 1.807) is 0 Å². The Labute approximate surface area is 110 Å². The van der Waals surface area contributed by atoms with Crippen molar-refractivity contribution in [3.8, 4) is 0 Å². The van der Waals surface area contributed by atoms with Gasteiger partial charge in [0.2, 0.25) is 0 Å². The second-order valence-electron chi connectivity index (χ2n) is 3.88. The van der Waals surface area contributed by atoms with E-state index in [9.17, 15) is 22.4 Å². The molecule has 2 rings (SSSR count). The van der Waals surface area contributed by atoms with E-state index in [0.717, 1.165) is 0 Å². The summed E-state index contributed by atoms with van der Waals surface area (Å²) in [7, 11) is 0. The molecule has 20 heavy (non-hydrogen) atoms. The van der Waals surface area contributed by atoms with Gasteiger partial charge in [0.25, 0.3) is 5.91 Å². The number of benzene rings is 1. The van der Waals surface area contributed by atoms with Gasteiger partial charge in [0.15, 0.2) is 0 Å². The molecule has 2 N–H and O–H groups in total. The molecule has 0 aliphatic carbocycles. The number of rotatable bonds is 4. The summed E-state index contributed by atoms with van der Waals surface area (Å²) in [6.07, 6.45) is 1.24. The summed E-state index contributed by atoms with van der Waals surface area (Å²) in [5.74, 6) is -8.13. The van der Waals surface area contributed by atoms with Gasteiger partial charge in [-0.1, -0.05) is 0 Å². The van der Waals surface area contributed by atoms with Crippen molar-refractivity contribution in [1.29, 1.82) is 0 Å². The van der Waals surface area contributed by atoms with Crippen LogP contribution in [-0.4, -0.2) is 21.3 Å². The van der Waals surface area contributed by atoms with Crippen LogP contribution in [0, 0.1) is 11.6 Å². The molecule has 0 bridgehead atoms. The Morgan fingerprint density at radius 2 is 1.90 bits per heavy atom. The smallest absolute Gasteiger partial charge is 0.345 e. The fourth-order valence-electron chi connectivity index (χ4n) is 1.46. The van der Waals surface area contributed by atoms with Crippen molar-refractivity contribution in [3.05, 3.63) is 47.3 Å². The number of amides is 1. The second-order valence-corrected chi connectivity index (χ2v) is 3.88. The SMILES string of the molecule is O=C(NCc1cn[nH]n1)C(F)(F)c1cc(F)cc(F)c1. The highest BCUT2D eigenvalue weighted by molar-refractivity contribution is 5.84. The van der Waals surface area contributed by atoms with Gasteiger partial charge >= 0.3 is 5.92 Å². The van der Waals surface area contributed by atoms with Gasteiger partial charge in [-0.05, 0) is 12.1 Å². The van der Waals surface area contributed by atoms with Crippen LogP contribution in [-0.2, 0) is 17.3 Å². The number of H-pyrrole nitrogens is 1. The molecular weight excluding hydrogens is 280 g/mol. The summed E-state index contributed by atoms with van der Waals surface area (Å²) in [5, 5.41) is 11.1. The van der Waals surface area contributed by atoms with Crippen molar-refractivity contribution in [1.82, 2.24) is 20.7 Å². The Bertz CT molecular complexity index is 595. The fourth-order valence-corrected chi connectivity index (χ4v) is 1.46. The van der Waals surface area contributed by atoms with E-state index in [0.29, 0.717) is 18.2 Å². The van der Waals surface area contributed by atoms with E-state index in [1.165, 1.54) is 6.20 Å². The monoisotopic (exact) mass is 288 g/mol. The Balaban J connectivity index is 2.14. The van der Waals surface area contributed by atoms with Crippen molar-refractivity contribution in [3.63, 3.8) is 0 Å². The maximum atomic E-state index is 13.7. The highest BCUT2D eigenvalue weighted by Crippen LogP contribution is 2.29. The number of hydrogen-bond acceptors (Lipinski definition) is 3. The predicted octanol–water partition coefficient (Wildman–Crippen LogP) is 1.49. The van der Waals surface area contributed by atoms with Crippen LogP contribution in [0.15, 0.2) is 24.4 Å². The van der Waals surface area contributed by atoms with Crippen LogP contribution in [0.25, 0.3) is 0 Å². The number of nitrogens with one attached hydrogen (secondary N) is 2. The maximum Gasteiger partial charge on any atom is 0.349 e. The van der Waals surface area contributed by atoms with Gasteiger partial charge in [-0.15, -0.1) is 0 Å². The van der Waals surface area contributed by atoms with E-state index in [-0.39, 0.29) is 12.2 Å². The zero-order chi connectivity index (χ0) is 14.8. The molecule has 0 radical (unpaired) electrons. The van der Waals surface area contributed by atoms with E-state index in [4.69, 9.17) is 0 Å². The van der Waals surface area contributed by atoms with Crippen LogP contribution in [0.1, 0.15) is 11.3 Å². The minimum absolute atomic E-state index is 0.236. The summed E-state index contributed by atoms with van der Waals surface area (Å²) < 4.78 is 53.3. The first-order valence-corrected chi connectivity index (χ1v) is 5.37. The molecule has 0 aliphatic rings. The molecule has 0 aliphatic heterocycles. The van der Waals surface area contributed by atoms with Crippen molar-refractivity contribution < 1.29 is 22.4 Å². The van der Waals surface area contributed by atoms with E-state index >= 15 is 0 Å². The summed E-state index contributed by atoms with van der Waals surface area (Å²) in [6.45, 7) is -0.289. The molecule has 1 aromatic carbocycles. The van der Waals surface area contributed by atoms with Gasteiger partial charge in [-0.3, -0.25) is 4.79 Å². The lowest BCUT2D eigenvalue weighted by molar-refractivity contribution is -0.147. The lowest BCUT2D eigenvalue weighted by Crippen LogP contribution is -2.38. The molecule has 0 spiro atoms. The fraction of sp³-hybridized carbons (Fsp3) is 0.182. The van der Waals surface area contributed by atoms with Crippen molar-refractivity contribution in [2.24, 2.45) is 0 Å². The molecule has 1 aromatic heterocycles. The Morgan fingerprint density at radius 1 is 1.25 bits per heavy atom. The third kappa shape index (κ3) is 2.92. The first-order valence-electron chi connectivity index (χ1n) is 5.37. The molecule has 106 valence electrons. The molecule has 5 nitrogen and oxygen atoms in total. The number of aromatic nitrogens is 3. The summed E-state index contributed by atoms with van der Waals surface area (Å²) >= 11 is 0. The van der Waals surface area contributed by atoms with E-state index in [1.807, 2.05) is 5.32 Å². The molecule has 1 amide bonds. The number of hydrogen-bond donors (Lipinski definition) is 2. The minimum Gasteiger partial charge on any atom is -0.345 e. The molecule has 0 saturated carbocycles. The number of nitrogens with zero attached hydrogens (tertiary/aromatic N) is 2. The maximum absolute atomic E-state index is 13.7. The van der Waals surface area contributed by atoms with Crippen LogP contribution in [0.5, 0.6) is 0 Å². The molecule has 1 heterocycles. The van der Waals surface area contributed by atoms with Crippen LogP contribution in [0.4, 0.5) is 17.6 Å². The molecule has 2 aromatic rings. The van der Waals surface area contributed by atoms with Gasteiger partial charge in [-0.2, -0.15) is 24.2 Å². The molecule has 0 saturated heterocycles. The summed E-state index contributed by atoms with van der Waals surface area (Å²) in [6, 6.07) is 1.24. The largest absolute Gasteiger partial charge is 0.349 e. The van der Waals surface area contributed by atoms with Gasteiger partial charge in [0.05, 0.1) is 12.7 Å². The predicted molar refractivity (Wildman–Crippen MR) is 58.5 cm³/mol. The summed E-state index contributed by atoms with van der Waals surface area (Å²) in [5.41, 5.74) is -0.827. The van der Waals surface area contributed by atoms with Gasteiger partial charge in [0.1, 0.15) is 17.3 Å². The van der Waals surface area contributed by atoms with Crippen LogP contribution >= 0.6 is 0 Å². The molecule has 0 unspecified atom stereocenters. The average molecular weight is 288 g/mol. The topological polar surface area (TPSA) is 70.7 Å². The van der Waals surface area contributed by atoms with Crippen molar-refractivity contribution in [2.45, 2.75) is 12.5 Å². The van der Waals surface area contributed by atoms with Gasteiger partial charge in [0, 0.05) is 11.6 Å². The van der Waals surface area contributed by atoms with Gasteiger partial charge in [-0.25, -0.2) is 8.78 Å². The third-order valence-electron chi connectivity index (χ3n) is 2.41. The number of halogens is 4. The third-order valence-corrected chi connectivity index (χ3v) is 2.41. The highest BCUT2D eigenvalue weighted by atomic mass is 19.3. The van der Waals surface area contributed by atoms with Crippen molar-refractivity contribution >= 4 is 5.91 Å². The van der Waals surface area contributed by atoms with Crippen LogP contribution in [0.3, 0.4) is 0 Å². The first-order chi connectivity index (χ1) is 9.39. The lowest BCUT2D eigenvalue weighted by Gasteiger charge is -2.16. The molecule has 0 atom stereocenters. The molecule has 0 fully saturated rings. The van der Waals surface area contributed by atoms with E-state index in [2.05, 4.69) is 15.4 Å². The van der Waals surface area contributed by atoms with Crippen molar-refractivity contribution in [2.75, 3.05) is 0 Å². The van der Waals surface area contributed by atoms with Crippen LogP contribution in [0.2, 0.25) is 0 Å². The normalized spacial score (nSPS) is 11.4. The van der Waals surface area contributed by atoms with E-state index < -0.39 is 29.0 Å². The number of carbonyl (C=O) groups is 1. The number of alkyl halides is 2. The first kappa shape index (κ1) is 14.0. The number of carbonyl (C=O) groups excluding carboxylic acids is 1. The quantitative estimate of drug-likeness (QED) is 0.837. The highest BCUT2D eigenvalue weighted by Gasteiger charge is 2.41. The Kier molecular flexibility index (Phi) is 3.68. The van der Waals surface area contributed by atoms with Gasteiger partial charge < -0.3 is 5.32 Å². The summed E-state index contributed by atoms with van der Waals surface area (Å²) in [4.78, 5) is 11.4. The zero-order valence-electron chi connectivity index (χ0n) is 9.83. The average Bonchev–Trinajstić information content (AvgIpc) is 2.87. The zero-order valence-corrected chi connectivity index (χ0v) is 9.83. The standard InChI is InChI=1S/C11H8F4N4O/c12-7-1-6(2-8(13)3-7)11(14,15)10(20)16-4-9-5-17-19-18-9/h1-3,5H,4H2,(H,16,20)(H,17,18,19). The molecular formula is C11H8F4N4O. The molecule has 9 heteroatoms. The second kappa shape index (κ2) is 5.27. The lowest BCUT2D eigenvalue weighted by atomic mass is 10.1. The minimum atomic E-state index is -4.06. The Hall–Kier alpha value is -2.45. The number of aromatic amines is 1. The Morgan fingerprint density at radius 3 is 2.45 bits per heavy atom.